The van der Waals surface area contributed by atoms with Crippen molar-refractivity contribution in [2.75, 3.05) is 64.9 Å². The number of H-pyrrole nitrogens is 1. The number of rotatable bonds is 17. The zero-order valence-corrected chi connectivity index (χ0v) is 24.1. The zero-order valence-electron chi connectivity index (χ0n) is 24.1. The number of morpholine rings is 1. The maximum atomic E-state index is 12.8. The highest BCUT2D eigenvalue weighted by atomic mass is 16.5. The van der Waals surface area contributed by atoms with E-state index in [9.17, 15) is 4.79 Å². The quantitative estimate of drug-likeness (QED) is 0.242. The van der Waals surface area contributed by atoms with Crippen LogP contribution in [0.4, 0.5) is 5.82 Å². The van der Waals surface area contributed by atoms with Crippen molar-refractivity contribution in [1.29, 1.82) is 0 Å². The fourth-order valence-electron chi connectivity index (χ4n) is 4.84. The zero-order chi connectivity index (χ0) is 28.2. The van der Waals surface area contributed by atoms with Crippen molar-refractivity contribution < 1.29 is 14.2 Å². The monoisotopic (exact) mass is 555 g/mol. The summed E-state index contributed by atoms with van der Waals surface area (Å²) in [6, 6.07) is 8.59. The van der Waals surface area contributed by atoms with E-state index in [2.05, 4.69) is 50.7 Å². The third-order valence-electron chi connectivity index (χ3n) is 7.07. The molecular formula is C29H45N7O4. The summed E-state index contributed by atoms with van der Waals surface area (Å²) < 4.78 is 18.6. The molecule has 0 atom stereocenters. The number of aryl methyl sites for hydroxylation is 1. The van der Waals surface area contributed by atoms with Gasteiger partial charge in [0, 0.05) is 32.7 Å². The molecule has 220 valence electrons. The van der Waals surface area contributed by atoms with E-state index in [1.165, 1.54) is 5.56 Å². The molecule has 0 bridgehead atoms. The van der Waals surface area contributed by atoms with Crippen LogP contribution >= 0.6 is 0 Å². The number of unbranched alkanes of at least 4 members (excludes halogenated alkanes) is 1. The van der Waals surface area contributed by atoms with Crippen molar-refractivity contribution in [3.05, 3.63) is 40.3 Å². The second-order valence-electron chi connectivity index (χ2n) is 10.3. The molecule has 40 heavy (non-hydrogen) atoms. The van der Waals surface area contributed by atoms with Crippen LogP contribution in [0.1, 0.15) is 51.5 Å². The molecule has 1 aliphatic rings. The Balaban J connectivity index is 1.39. The minimum absolute atomic E-state index is 0.210. The van der Waals surface area contributed by atoms with E-state index in [1.807, 2.05) is 12.1 Å². The van der Waals surface area contributed by atoms with Crippen molar-refractivity contribution in [3.63, 3.8) is 0 Å². The summed E-state index contributed by atoms with van der Waals surface area (Å²) in [5.41, 5.74) is 8.08. The molecule has 11 heteroatoms. The Labute approximate surface area is 236 Å². The number of ether oxygens (including phenoxy) is 3. The van der Waals surface area contributed by atoms with Gasteiger partial charge in [-0.2, -0.15) is 9.97 Å². The van der Waals surface area contributed by atoms with E-state index < -0.39 is 0 Å². The molecule has 4 rings (SSSR count). The number of anilines is 1. The number of nitrogens with two attached hydrogens (primary N) is 1. The fraction of sp³-hybridized carbons (Fsp3) is 0.621. The van der Waals surface area contributed by atoms with Gasteiger partial charge in [-0.1, -0.05) is 32.4 Å². The number of nitrogens with one attached hydrogen (secondary N) is 1. The summed E-state index contributed by atoms with van der Waals surface area (Å²) in [5, 5.41) is 0. The van der Waals surface area contributed by atoms with Crippen LogP contribution in [0.25, 0.3) is 11.2 Å². The number of aromatic amines is 1. The summed E-state index contributed by atoms with van der Waals surface area (Å²) in [5.74, 6) is 1.13. The standard InChI is InChI=1S/C29H45N7O4/c1-3-5-19-40-28-32-26(30)25-27(33-28)36(29(37)31-25)15-7-14-35(13-6-12-34-16-20-38-21-17-34)22-23-8-10-24(11-9-23)39-18-4-2/h8-11H,3-7,12-22H2,1-2H3,(H,31,37)(H2,30,32,33). The summed E-state index contributed by atoms with van der Waals surface area (Å²) in [7, 11) is 0. The molecule has 1 fully saturated rings. The Morgan fingerprint density at radius 1 is 0.975 bits per heavy atom. The van der Waals surface area contributed by atoms with E-state index in [0.717, 1.165) is 96.9 Å². The van der Waals surface area contributed by atoms with E-state index in [0.29, 0.717) is 24.3 Å². The molecule has 0 radical (unpaired) electrons. The Hall–Kier alpha value is -3.15. The number of nitrogens with zero attached hydrogens (tertiary/aromatic N) is 5. The van der Waals surface area contributed by atoms with Gasteiger partial charge in [-0.3, -0.25) is 14.4 Å². The van der Waals surface area contributed by atoms with Gasteiger partial charge in [0.25, 0.3) is 0 Å². The lowest BCUT2D eigenvalue weighted by molar-refractivity contribution is 0.0359. The predicted octanol–water partition coefficient (Wildman–Crippen LogP) is 3.28. The van der Waals surface area contributed by atoms with Crippen LogP contribution in [-0.4, -0.2) is 88.5 Å². The number of hydrogen-bond donors (Lipinski definition) is 2. The minimum atomic E-state index is -0.233. The van der Waals surface area contributed by atoms with E-state index in [1.54, 1.807) is 4.57 Å². The van der Waals surface area contributed by atoms with Gasteiger partial charge in [0.1, 0.15) is 11.3 Å². The van der Waals surface area contributed by atoms with Crippen LogP contribution in [0.3, 0.4) is 0 Å². The fourth-order valence-corrected chi connectivity index (χ4v) is 4.84. The van der Waals surface area contributed by atoms with Crippen molar-refractivity contribution >= 4 is 17.0 Å². The van der Waals surface area contributed by atoms with Crippen LogP contribution < -0.4 is 20.9 Å². The Bertz CT molecular complexity index is 1220. The van der Waals surface area contributed by atoms with Gasteiger partial charge in [0.05, 0.1) is 26.4 Å². The first-order valence-electron chi connectivity index (χ1n) is 14.7. The highest BCUT2D eigenvalue weighted by Gasteiger charge is 2.16. The number of benzene rings is 1. The number of nitrogen functional groups attached to an aromatic ring is 1. The largest absolute Gasteiger partial charge is 0.494 e. The Kier molecular flexibility index (Phi) is 11.6. The summed E-state index contributed by atoms with van der Waals surface area (Å²) in [6.07, 6.45) is 4.76. The third-order valence-corrected chi connectivity index (χ3v) is 7.07. The number of fused-ring (bicyclic) bond motifs is 1. The molecule has 2 aromatic heterocycles. The lowest BCUT2D eigenvalue weighted by Crippen LogP contribution is -2.38. The van der Waals surface area contributed by atoms with Crippen LogP contribution in [0.2, 0.25) is 0 Å². The maximum Gasteiger partial charge on any atom is 0.327 e. The second-order valence-corrected chi connectivity index (χ2v) is 10.3. The molecule has 3 aromatic rings. The smallest absolute Gasteiger partial charge is 0.327 e. The first-order chi connectivity index (χ1) is 19.6. The first-order valence-corrected chi connectivity index (χ1v) is 14.7. The van der Waals surface area contributed by atoms with Crippen LogP contribution in [0.5, 0.6) is 11.8 Å². The number of hydrogen-bond acceptors (Lipinski definition) is 9. The van der Waals surface area contributed by atoms with Crippen LogP contribution in [0, 0.1) is 0 Å². The highest BCUT2D eigenvalue weighted by molar-refractivity contribution is 5.81. The molecule has 3 heterocycles. The number of aromatic nitrogens is 4. The lowest BCUT2D eigenvalue weighted by atomic mass is 10.2. The van der Waals surface area contributed by atoms with E-state index in [4.69, 9.17) is 19.9 Å². The molecule has 0 saturated carbocycles. The lowest BCUT2D eigenvalue weighted by Gasteiger charge is -2.28. The third kappa shape index (κ3) is 8.67. The second kappa shape index (κ2) is 15.6. The van der Waals surface area contributed by atoms with Crippen molar-refractivity contribution in [3.8, 4) is 11.8 Å². The first kappa shape index (κ1) is 29.8. The van der Waals surface area contributed by atoms with Gasteiger partial charge < -0.3 is 24.9 Å². The molecular weight excluding hydrogens is 510 g/mol. The molecule has 3 N–H and O–H groups in total. The topological polar surface area (TPSA) is 124 Å². The SMILES string of the molecule is CCCCOc1nc(N)c2[nH]c(=O)n(CCCN(CCCN3CCOCC3)Cc3ccc(OCCC)cc3)c2n1. The predicted molar refractivity (Wildman–Crippen MR) is 157 cm³/mol. The van der Waals surface area contributed by atoms with Gasteiger partial charge in [0.15, 0.2) is 11.5 Å². The summed E-state index contributed by atoms with van der Waals surface area (Å²) in [4.78, 5) is 29.2. The normalized spacial score (nSPS) is 14.3. The molecule has 0 amide bonds. The van der Waals surface area contributed by atoms with Gasteiger partial charge in [0.2, 0.25) is 0 Å². The molecule has 0 spiro atoms. The average Bonchev–Trinajstić information content (AvgIpc) is 3.28. The Morgan fingerprint density at radius 3 is 2.45 bits per heavy atom. The summed E-state index contributed by atoms with van der Waals surface area (Å²) in [6.45, 7) is 13.3. The van der Waals surface area contributed by atoms with E-state index in [-0.39, 0.29) is 17.5 Å². The van der Waals surface area contributed by atoms with Gasteiger partial charge in [-0.25, -0.2) is 4.79 Å². The number of imidazole rings is 1. The van der Waals surface area contributed by atoms with Crippen molar-refractivity contribution in [2.45, 2.75) is 59.0 Å². The molecule has 1 aromatic carbocycles. The minimum Gasteiger partial charge on any atom is -0.494 e. The van der Waals surface area contributed by atoms with Crippen molar-refractivity contribution in [2.24, 2.45) is 0 Å². The van der Waals surface area contributed by atoms with Gasteiger partial charge in [-0.05, 0) is 56.5 Å². The maximum absolute atomic E-state index is 12.8. The molecule has 11 nitrogen and oxygen atoms in total. The molecule has 1 saturated heterocycles. The van der Waals surface area contributed by atoms with E-state index >= 15 is 0 Å². The van der Waals surface area contributed by atoms with Crippen molar-refractivity contribution in [1.82, 2.24) is 29.3 Å². The molecule has 1 aliphatic heterocycles. The average molecular weight is 556 g/mol. The van der Waals surface area contributed by atoms with Gasteiger partial charge in [-0.15, -0.1) is 0 Å². The molecule has 0 unspecified atom stereocenters. The summed E-state index contributed by atoms with van der Waals surface area (Å²) >= 11 is 0. The highest BCUT2D eigenvalue weighted by Crippen LogP contribution is 2.19. The van der Waals surface area contributed by atoms with Crippen LogP contribution in [0.15, 0.2) is 29.1 Å². The Morgan fingerprint density at radius 2 is 1.73 bits per heavy atom. The van der Waals surface area contributed by atoms with Gasteiger partial charge >= 0.3 is 11.7 Å². The molecule has 0 aliphatic carbocycles. The van der Waals surface area contributed by atoms with Crippen LogP contribution in [-0.2, 0) is 17.8 Å².